The van der Waals surface area contributed by atoms with Gasteiger partial charge in [0.2, 0.25) is 10.0 Å². The van der Waals surface area contributed by atoms with E-state index in [1.165, 1.54) is 0 Å². The van der Waals surface area contributed by atoms with Crippen molar-refractivity contribution in [1.29, 1.82) is 0 Å². The fourth-order valence-electron chi connectivity index (χ4n) is 4.05. The van der Waals surface area contributed by atoms with Gasteiger partial charge in [-0.2, -0.15) is 17.5 Å². The summed E-state index contributed by atoms with van der Waals surface area (Å²) in [6, 6.07) is 10.9. The van der Waals surface area contributed by atoms with Crippen LogP contribution in [-0.2, 0) is 21.4 Å². The number of aliphatic carboxylic acids is 1. The van der Waals surface area contributed by atoms with Crippen LogP contribution in [-0.4, -0.2) is 67.7 Å². The summed E-state index contributed by atoms with van der Waals surface area (Å²) in [6.07, 6.45) is -1.57. The Morgan fingerprint density at radius 2 is 1.79 bits per heavy atom. The Bertz CT molecular complexity index is 1060. The molecular formula is C22H27F3N2O6S. The minimum atomic E-state index is -5.08. The molecule has 8 nitrogen and oxygen atoms in total. The zero-order valence-electron chi connectivity index (χ0n) is 18.6. The largest absolute Gasteiger partial charge is 0.492 e. The highest BCUT2D eigenvalue weighted by Gasteiger charge is 2.42. The van der Waals surface area contributed by atoms with Crippen LogP contribution in [0.4, 0.5) is 13.2 Å². The topological polar surface area (TPSA) is 100 Å². The van der Waals surface area contributed by atoms with Gasteiger partial charge in [0.05, 0.1) is 19.4 Å². The average molecular weight is 505 g/mol. The van der Waals surface area contributed by atoms with Crippen molar-refractivity contribution in [2.24, 2.45) is 5.41 Å². The van der Waals surface area contributed by atoms with Gasteiger partial charge in [-0.3, -0.25) is 4.90 Å². The van der Waals surface area contributed by atoms with Crippen LogP contribution in [0.1, 0.15) is 25.5 Å². The molecule has 0 atom stereocenters. The van der Waals surface area contributed by atoms with Gasteiger partial charge >= 0.3 is 12.1 Å². The van der Waals surface area contributed by atoms with Crippen molar-refractivity contribution < 1.29 is 40.6 Å². The van der Waals surface area contributed by atoms with Gasteiger partial charge in [-0.1, -0.05) is 19.1 Å². The summed E-state index contributed by atoms with van der Waals surface area (Å²) in [7, 11) is -3.54. The summed E-state index contributed by atoms with van der Waals surface area (Å²) >= 11 is 0. The maximum atomic E-state index is 13.1. The Hall–Kier alpha value is -2.57. The van der Waals surface area contributed by atoms with E-state index in [0.717, 1.165) is 38.2 Å². The lowest BCUT2D eigenvalue weighted by Gasteiger charge is -2.44. The van der Waals surface area contributed by atoms with E-state index < -0.39 is 22.2 Å². The number of ether oxygens (including phenoxy) is 1. The van der Waals surface area contributed by atoms with Gasteiger partial charge in [0.25, 0.3) is 0 Å². The van der Waals surface area contributed by atoms with E-state index in [-0.39, 0.29) is 10.3 Å². The molecule has 0 bridgehead atoms. The average Bonchev–Trinajstić information content (AvgIpc) is 3.30. The van der Waals surface area contributed by atoms with Gasteiger partial charge in [0, 0.05) is 18.5 Å². The van der Waals surface area contributed by atoms with E-state index >= 15 is 0 Å². The maximum absolute atomic E-state index is 13.1. The molecule has 0 aliphatic carbocycles. The van der Waals surface area contributed by atoms with Gasteiger partial charge < -0.3 is 14.3 Å². The van der Waals surface area contributed by atoms with Gasteiger partial charge in [-0.15, -0.1) is 0 Å². The maximum Gasteiger partial charge on any atom is 0.490 e. The Morgan fingerprint density at radius 3 is 2.35 bits per heavy atom. The minimum Gasteiger partial charge on any atom is -0.492 e. The van der Waals surface area contributed by atoms with Crippen LogP contribution in [0.5, 0.6) is 5.75 Å². The van der Waals surface area contributed by atoms with Crippen LogP contribution in [0, 0.1) is 5.41 Å². The first kappa shape index (κ1) is 26.0. The van der Waals surface area contributed by atoms with Crippen molar-refractivity contribution in [3.8, 4) is 5.75 Å². The molecule has 1 spiro atoms. The molecule has 0 radical (unpaired) electrons. The molecule has 2 aromatic rings. The summed E-state index contributed by atoms with van der Waals surface area (Å²) in [5.41, 5.74) is -0.156. The standard InChI is InChI=1S/C20H26N2O4S.C2HF3O2/c1-2-22-15-20(9-11-21(12-10-20)14-17-6-5-13-25-17)16-26-18-7-3-4-8-19(18)27(22,23)24;3-2(4,5)1(6)7/h3-8,13H,2,9-12,14-16H2,1H3;(H,6,7). The molecule has 1 aromatic carbocycles. The summed E-state index contributed by atoms with van der Waals surface area (Å²) in [5, 5.41) is 7.12. The second-order valence-electron chi connectivity index (χ2n) is 8.33. The number of nitrogens with zero attached hydrogens (tertiary/aromatic N) is 2. The molecule has 1 aromatic heterocycles. The summed E-state index contributed by atoms with van der Waals surface area (Å²) in [4.78, 5) is 11.5. The molecule has 188 valence electrons. The molecule has 0 amide bonds. The zero-order chi connectivity index (χ0) is 25.0. The monoisotopic (exact) mass is 504 g/mol. The van der Waals surface area contributed by atoms with E-state index in [4.69, 9.17) is 19.1 Å². The fourth-order valence-corrected chi connectivity index (χ4v) is 5.74. The Balaban J connectivity index is 0.000000406. The number of furan rings is 1. The molecule has 4 rings (SSSR count). The number of benzene rings is 1. The number of carboxylic acid groups (broad SMARTS) is 1. The minimum absolute atomic E-state index is 0.156. The van der Waals surface area contributed by atoms with Gasteiger partial charge in [0.15, 0.2) is 0 Å². The van der Waals surface area contributed by atoms with Crippen LogP contribution >= 0.6 is 0 Å². The van der Waals surface area contributed by atoms with E-state index in [2.05, 4.69) is 4.90 Å². The third-order valence-electron chi connectivity index (χ3n) is 5.98. The van der Waals surface area contributed by atoms with Crippen molar-refractivity contribution in [2.75, 3.05) is 32.8 Å². The number of piperidine rings is 1. The molecule has 0 unspecified atom stereocenters. The number of para-hydroxylation sites is 1. The Labute approximate surface area is 196 Å². The lowest BCUT2D eigenvalue weighted by atomic mass is 9.78. The van der Waals surface area contributed by atoms with E-state index in [9.17, 15) is 21.6 Å². The molecule has 1 fully saturated rings. The number of halogens is 3. The normalized spacial score (nSPS) is 20.2. The molecule has 1 saturated heterocycles. The predicted molar refractivity (Wildman–Crippen MR) is 116 cm³/mol. The summed E-state index contributed by atoms with van der Waals surface area (Å²) in [5.74, 6) is -1.33. The SMILES string of the molecule is CCN1CC2(CCN(Cc3ccco3)CC2)COc2ccccc2S1(=O)=O.O=C(O)C(F)(F)F. The third kappa shape index (κ3) is 6.10. The highest BCUT2D eigenvalue weighted by molar-refractivity contribution is 7.89. The highest BCUT2D eigenvalue weighted by atomic mass is 32.2. The van der Waals surface area contributed by atoms with E-state index in [1.807, 2.05) is 25.1 Å². The summed E-state index contributed by atoms with van der Waals surface area (Å²) in [6.45, 7) is 6.03. The smallest absolute Gasteiger partial charge is 0.490 e. The number of hydrogen-bond donors (Lipinski definition) is 1. The first-order valence-electron chi connectivity index (χ1n) is 10.7. The number of alkyl halides is 3. The summed E-state index contributed by atoms with van der Waals surface area (Å²) < 4.78 is 71.1. The second kappa shape index (κ2) is 10.4. The van der Waals surface area contributed by atoms with Gasteiger partial charge in [-0.25, -0.2) is 13.2 Å². The van der Waals surface area contributed by atoms with Crippen molar-refractivity contribution >= 4 is 16.0 Å². The van der Waals surface area contributed by atoms with E-state index in [1.54, 1.807) is 28.8 Å². The third-order valence-corrected chi connectivity index (χ3v) is 7.94. The van der Waals surface area contributed by atoms with Crippen molar-refractivity contribution in [3.63, 3.8) is 0 Å². The number of hydrogen-bond acceptors (Lipinski definition) is 6. The quantitative estimate of drug-likeness (QED) is 0.682. The van der Waals surface area contributed by atoms with Crippen LogP contribution in [0.3, 0.4) is 0 Å². The first-order chi connectivity index (χ1) is 16.0. The van der Waals surface area contributed by atoms with Crippen molar-refractivity contribution in [3.05, 3.63) is 48.4 Å². The molecule has 2 aliphatic heterocycles. The predicted octanol–water partition coefficient (Wildman–Crippen LogP) is 3.60. The first-order valence-corrected chi connectivity index (χ1v) is 12.2. The van der Waals surface area contributed by atoms with E-state index in [0.29, 0.717) is 25.4 Å². The van der Waals surface area contributed by atoms with Gasteiger partial charge in [0.1, 0.15) is 16.4 Å². The van der Waals surface area contributed by atoms with Crippen LogP contribution < -0.4 is 4.74 Å². The molecular weight excluding hydrogens is 477 g/mol. The highest BCUT2D eigenvalue weighted by Crippen LogP contribution is 2.39. The number of carboxylic acids is 1. The molecule has 0 saturated carbocycles. The number of fused-ring (bicyclic) bond motifs is 1. The van der Waals surface area contributed by atoms with Crippen molar-refractivity contribution in [2.45, 2.75) is 37.4 Å². The van der Waals surface area contributed by atoms with Gasteiger partial charge in [-0.05, 0) is 50.2 Å². The molecule has 12 heteroatoms. The Kier molecular flexibility index (Phi) is 7.94. The van der Waals surface area contributed by atoms with Crippen LogP contribution in [0.25, 0.3) is 0 Å². The van der Waals surface area contributed by atoms with Crippen LogP contribution in [0.15, 0.2) is 52.0 Å². The lowest BCUT2D eigenvalue weighted by Crippen LogP contribution is -2.51. The number of carbonyl (C=O) groups is 1. The lowest BCUT2D eigenvalue weighted by molar-refractivity contribution is -0.192. The van der Waals surface area contributed by atoms with Crippen molar-refractivity contribution in [1.82, 2.24) is 9.21 Å². The number of likely N-dealkylation sites (tertiary alicyclic amines) is 1. The molecule has 34 heavy (non-hydrogen) atoms. The molecule has 3 heterocycles. The number of rotatable bonds is 3. The second-order valence-corrected chi connectivity index (χ2v) is 10.2. The molecule has 1 N–H and O–H groups in total. The molecule has 2 aliphatic rings. The number of sulfonamides is 1. The van der Waals surface area contributed by atoms with Crippen LogP contribution in [0.2, 0.25) is 0 Å². The zero-order valence-corrected chi connectivity index (χ0v) is 19.4. The Morgan fingerprint density at radius 1 is 1.15 bits per heavy atom. The fraction of sp³-hybridized carbons (Fsp3) is 0.500.